The molecule has 40 nitrogen and oxygen atoms in total. The summed E-state index contributed by atoms with van der Waals surface area (Å²) in [6, 6.07) is 11.9. The van der Waals surface area contributed by atoms with Gasteiger partial charge in [-0.3, -0.25) is 37.9 Å². The molecule has 4 aromatic carbocycles. The van der Waals surface area contributed by atoms with E-state index >= 15 is 0 Å². The number of benzene rings is 4. The fourth-order valence-corrected chi connectivity index (χ4v) is 19.9. The highest BCUT2D eigenvalue weighted by atomic mass is 32.2. The third-order valence-electron chi connectivity index (χ3n) is 23.7. The van der Waals surface area contributed by atoms with Crippen molar-refractivity contribution in [3.8, 4) is 68.5 Å². The Balaban J connectivity index is 0.000000191. The zero-order valence-electron chi connectivity index (χ0n) is 114. The summed E-state index contributed by atoms with van der Waals surface area (Å²) in [4.78, 5) is 86.2. The Labute approximate surface area is 888 Å². The number of hydrogen-bond donors (Lipinski definition) is 8. The van der Waals surface area contributed by atoms with E-state index in [1.165, 1.54) is 70.3 Å². The van der Waals surface area contributed by atoms with Gasteiger partial charge in [0.1, 0.15) is 68.4 Å². The highest BCUT2D eigenvalue weighted by Crippen LogP contribution is 2.38. The van der Waals surface area contributed by atoms with E-state index in [1.807, 2.05) is 42.0 Å². The molecule has 0 aliphatic carbocycles. The van der Waals surface area contributed by atoms with E-state index in [-0.39, 0.29) is 174 Å². The van der Waals surface area contributed by atoms with E-state index in [0.717, 1.165) is 61.3 Å². The lowest BCUT2D eigenvalue weighted by molar-refractivity contribution is 0.297. The maximum absolute atomic E-state index is 13.5. The number of nitrogens with zero attached hydrogens (tertiary/aromatic N) is 16. The lowest BCUT2D eigenvalue weighted by Crippen LogP contribution is -2.31. The zero-order chi connectivity index (χ0) is 132. The van der Waals surface area contributed by atoms with Gasteiger partial charge >= 0.3 is 0 Å². The van der Waals surface area contributed by atoms with Crippen LogP contribution >= 0.6 is 0 Å². The maximum Gasteiger partial charge on any atom is 0.277 e. The molecule has 8 aromatic heterocycles. The first-order valence-electron chi connectivity index (χ1n) is 62.9. The van der Waals surface area contributed by atoms with Gasteiger partial charge in [0, 0.05) is 122 Å². The molecule has 4 aliphatic heterocycles. The van der Waals surface area contributed by atoms with E-state index in [4.69, 9.17) is 62.8 Å². The Morgan fingerprint density at radius 2 is 0.639 bits per heavy atom. The van der Waals surface area contributed by atoms with Crippen LogP contribution in [0.25, 0.3) is 89.7 Å². The molecule has 784 valence electrons. The quantitative estimate of drug-likeness (QED) is 0.0176. The normalized spacial score (nSPS) is 21.6. The van der Waals surface area contributed by atoms with Crippen LogP contribution in [-0.2, 0) is 93.7 Å². The van der Waals surface area contributed by atoms with Crippen LogP contribution in [-0.4, -0.2) is 263 Å². The Kier molecular flexibility index (Phi) is 25.6. The number of fused-ring (bicyclic) bond motifs is 4. The Morgan fingerprint density at radius 1 is 0.361 bits per heavy atom. The number of aryl methyl sites for hydroxylation is 8. The summed E-state index contributed by atoms with van der Waals surface area (Å²) < 4.78 is 402. The molecule has 0 bridgehead atoms. The number of rotatable bonds is 44. The van der Waals surface area contributed by atoms with Crippen molar-refractivity contribution in [2.24, 2.45) is 28.0 Å². The Bertz CT molecular complexity index is 8790. The standard InChI is InChI=1S/4C25H36N6O4S/c4*1-5-8-20-22-23(31(4)29-20)25(32)28-24(27-22)19-16-18(10-11-21(19)35-15-6-2)36(33,34)26-13-12-17-9-7-14-30(17)3/h4*10-11,16-17,26H,5-9,12-15H2,1-4H3,(H,27,28,32)/i5D2,8D2,12D2,13D2;4D3,5D2,12D2,13D2;4D3,5D2,12D2,13D;4D3,5D2,12D2. The molecule has 5 atom stereocenters. The molecule has 12 aromatic rings. The second-order valence-electron chi connectivity index (χ2n) is 34.3. The van der Waals surface area contributed by atoms with Crippen LogP contribution in [0.1, 0.15) is 250 Å². The van der Waals surface area contributed by atoms with Crippen molar-refractivity contribution >= 4 is 84.2 Å². The predicted molar refractivity (Wildman–Crippen MR) is 559 cm³/mol. The van der Waals surface area contributed by atoms with Crippen LogP contribution < -0.4 is 60.1 Å². The molecule has 4 saturated heterocycles. The highest BCUT2D eigenvalue weighted by molar-refractivity contribution is 7.90. The van der Waals surface area contributed by atoms with Gasteiger partial charge in [-0.1, -0.05) is 80.9 Å². The summed E-state index contributed by atoms with van der Waals surface area (Å²) in [7, 11) is -9.91. The van der Waals surface area contributed by atoms with Crippen molar-refractivity contribution in [2.75, 3.05) is 107 Å². The Morgan fingerprint density at radius 3 is 0.924 bits per heavy atom. The SMILES string of the molecule is [2H]C(NS(=O)(=O)c1ccc(OCCC)c(-c2nc3c(CC([2H])([2H])C)nn(C([2H])([2H])[2H])c3c(=O)[nH]2)c1)C([2H])([2H])C1CCCN1C.[2H]C([2H])(C)C([2H])([2H])c1nn(C)c2c(=O)[nH]c(-c3cc(S(=O)(=O)NC([2H])([2H])C([2H])([2H])C4CCCN4C)ccc3OCCC)nc12.[2H]C([2H])(C)Cc1nn(C([2H])([2H])[2H])c2c(=O)[nH]c(-c3cc(S(=O)(=O)NC([2H])([2H])C([2H])([2H])C4CCCN4C)ccc3OCCC)nc12.[2H]C([2H])(C)Cc1nn(C([2H])([2H])[2H])c2c(=O)[nH]c(-c3cc(S(=O)(=O)NCC([2H])([2H])C4CCCN4C)ccc3OCCC)nc12. The number of H-pyrrole nitrogens is 4. The first-order chi connectivity index (χ1) is 80.8. The first kappa shape index (κ1) is 73.9. The van der Waals surface area contributed by atoms with Gasteiger partial charge in [-0.25, -0.2) is 72.5 Å². The summed E-state index contributed by atoms with van der Waals surface area (Å²) in [6.07, 6.45) is -13.9. The second-order valence-corrected chi connectivity index (χ2v) is 41.1. The van der Waals surface area contributed by atoms with Gasteiger partial charge in [-0.05, 0) is 255 Å². The average molecular weight is 2100 g/mol. The Hall–Kier alpha value is -11.0. The minimum Gasteiger partial charge on any atom is -0.493 e. The minimum absolute atomic E-state index is 0.0208. The number of aromatic nitrogens is 16. The molecule has 8 N–H and O–H groups in total. The monoisotopic (exact) mass is 2100 g/mol. The molecule has 0 amide bonds. The third kappa shape index (κ3) is 26.5. The lowest BCUT2D eigenvalue weighted by Gasteiger charge is -2.19. The first-order valence-corrected chi connectivity index (χ1v) is 52.7. The van der Waals surface area contributed by atoms with Crippen molar-refractivity contribution < 1.29 is 96.5 Å². The largest absolute Gasteiger partial charge is 0.493 e. The van der Waals surface area contributed by atoms with Crippen LogP contribution in [0.3, 0.4) is 0 Å². The molecular weight excluding hydrogens is 1920 g/mol. The predicted octanol–water partition coefficient (Wildman–Crippen LogP) is 11.3. The molecule has 4 fully saturated rings. The van der Waals surface area contributed by atoms with E-state index in [2.05, 4.69) is 69.7 Å². The molecule has 0 spiro atoms. The molecule has 0 radical (unpaired) electrons. The molecule has 16 rings (SSSR count). The van der Waals surface area contributed by atoms with Gasteiger partial charge < -0.3 is 58.5 Å². The van der Waals surface area contributed by atoms with Crippen LogP contribution in [0.5, 0.6) is 23.0 Å². The number of nitrogens with one attached hydrogen (secondary N) is 8. The highest BCUT2D eigenvalue weighted by Gasteiger charge is 2.32. The van der Waals surface area contributed by atoms with Crippen LogP contribution in [0.2, 0.25) is 0 Å². The molecule has 12 heterocycles. The minimum atomic E-state index is -4.72. The van der Waals surface area contributed by atoms with E-state index in [0.29, 0.717) is 97.9 Å². The smallest absolute Gasteiger partial charge is 0.277 e. The molecule has 44 heteroatoms. The summed E-state index contributed by atoms with van der Waals surface area (Å²) in [5, 5.41) is 16.1. The number of aromatic amines is 4. The number of likely N-dealkylation sites (tertiary alicyclic amines) is 4. The van der Waals surface area contributed by atoms with Gasteiger partial charge in [-0.2, -0.15) is 20.4 Å². The fourth-order valence-electron chi connectivity index (χ4n) is 16.4. The van der Waals surface area contributed by atoms with Crippen molar-refractivity contribution in [3.05, 3.63) is 137 Å². The zero-order valence-corrected chi connectivity index (χ0v) is 85.4. The number of hydrogen-bond acceptors (Lipinski definition) is 28. The van der Waals surface area contributed by atoms with Gasteiger partial charge in [0.05, 0.1) is 91.0 Å². The van der Waals surface area contributed by atoms with Crippen LogP contribution in [0.15, 0.2) is 112 Å². The topological polar surface area (TPSA) is 489 Å². The van der Waals surface area contributed by atoms with Crippen LogP contribution in [0, 0.1) is 0 Å². The van der Waals surface area contributed by atoms with E-state index in [1.54, 1.807) is 42.9 Å². The van der Waals surface area contributed by atoms with E-state index < -0.39 is 217 Å². The molecule has 5 unspecified atom stereocenters. The molecule has 0 saturated carbocycles. The average Bonchev–Trinajstić information content (AvgIpc) is 1.51. The summed E-state index contributed by atoms with van der Waals surface area (Å²) in [5.41, 5.74) is -6.15. The second kappa shape index (κ2) is 49.9. The summed E-state index contributed by atoms with van der Waals surface area (Å²) in [5.74, 6) is -0.220. The van der Waals surface area contributed by atoms with Crippen LogP contribution in [0.4, 0.5) is 0 Å². The van der Waals surface area contributed by atoms with Crippen molar-refractivity contribution in [1.82, 2.24) is 117 Å². The van der Waals surface area contributed by atoms with Crippen molar-refractivity contribution in [2.45, 2.75) is 253 Å². The third-order valence-corrected chi connectivity index (χ3v) is 28.9. The number of sulfonamides is 4. The number of ether oxygens (including phenoxy) is 4. The summed E-state index contributed by atoms with van der Waals surface area (Å²) in [6.45, 7) is -1.32. The fraction of sp³-hybridized carbons (Fsp3) is 0.560. The van der Waals surface area contributed by atoms with Crippen molar-refractivity contribution in [3.63, 3.8) is 0 Å². The maximum atomic E-state index is 13.5. The van der Waals surface area contributed by atoms with Gasteiger partial charge in [-0.15, -0.1) is 0 Å². The molecule has 144 heavy (non-hydrogen) atoms. The van der Waals surface area contributed by atoms with Gasteiger partial charge in [0.2, 0.25) is 40.1 Å². The van der Waals surface area contributed by atoms with E-state index in [9.17, 15) is 52.8 Å². The lowest BCUT2D eigenvalue weighted by atomic mass is 10.1. The van der Waals surface area contributed by atoms with Gasteiger partial charge in [0.25, 0.3) is 22.2 Å². The molecular formula is C100H144N24O16S4. The molecule has 4 aliphatic rings. The van der Waals surface area contributed by atoms with Crippen molar-refractivity contribution in [1.29, 1.82) is 0 Å². The summed E-state index contributed by atoms with van der Waals surface area (Å²) >= 11 is 0. The van der Waals surface area contributed by atoms with Gasteiger partial charge in [0.15, 0.2) is 22.1 Å².